The van der Waals surface area contributed by atoms with E-state index < -0.39 is 4.75 Å². The van der Waals surface area contributed by atoms with Gasteiger partial charge in [-0.3, -0.25) is 4.79 Å². The molecule has 0 aliphatic carbocycles. The van der Waals surface area contributed by atoms with Gasteiger partial charge in [-0.2, -0.15) is 5.10 Å². The second kappa shape index (κ2) is 7.72. The Morgan fingerprint density at radius 2 is 2.03 bits per heavy atom. The number of halogens is 1. The Hall–Kier alpha value is -2.51. The van der Waals surface area contributed by atoms with Crippen LogP contribution in [0.4, 0.5) is 10.5 Å². The lowest BCUT2D eigenvalue weighted by Crippen LogP contribution is -2.39. The largest absolute Gasteiger partial charge is 0.409 e. The van der Waals surface area contributed by atoms with E-state index in [1.165, 1.54) is 11.8 Å². The number of aryl methyl sites for hydroxylation is 1. The summed E-state index contributed by atoms with van der Waals surface area (Å²) in [5, 5.41) is 18.1. The van der Waals surface area contributed by atoms with Crippen LogP contribution in [0.1, 0.15) is 37.0 Å². The van der Waals surface area contributed by atoms with Crippen molar-refractivity contribution in [2.45, 2.75) is 31.4 Å². The highest BCUT2D eigenvalue weighted by molar-refractivity contribution is 8.15. The van der Waals surface area contributed by atoms with Gasteiger partial charge in [0, 0.05) is 22.8 Å². The van der Waals surface area contributed by atoms with Crippen LogP contribution in [0.15, 0.2) is 52.7 Å². The number of nitrogens with one attached hydrogen (secondary N) is 1. The SMILES string of the molecule is CC1(C)SC(=O)NN=C1c1ccc2c(c1)CCCN2C(=NO)c1ccc(Cl)cc1. The number of amidine groups is 1. The molecule has 2 aromatic carbocycles. The van der Waals surface area contributed by atoms with E-state index in [-0.39, 0.29) is 5.24 Å². The first-order valence-electron chi connectivity index (χ1n) is 9.35. The van der Waals surface area contributed by atoms with Crippen molar-refractivity contribution in [1.29, 1.82) is 0 Å². The van der Waals surface area contributed by atoms with Gasteiger partial charge in [-0.1, -0.05) is 34.6 Å². The summed E-state index contributed by atoms with van der Waals surface area (Å²) in [5.74, 6) is 0.494. The minimum absolute atomic E-state index is 0.144. The Labute approximate surface area is 178 Å². The van der Waals surface area contributed by atoms with Crippen molar-refractivity contribution in [3.63, 3.8) is 0 Å². The van der Waals surface area contributed by atoms with Gasteiger partial charge in [0.25, 0.3) is 5.24 Å². The summed E-state index contributed by atoms with van der Waals surface area (Å²) in [4.78, 5) is 13.7. The van der Waals surface area contributed by atoms with E-state index in [0.29, 0.717) is 10.9 Å². The molecule has 0 saturated heterocycles. The summed E-state index contributed by atoms with van der Waals surface area (Å²) < 4.78 is -0.411. The number of hydrogen-bond donors (Lipinski definition) is 2. The Morgan fingerprint density at radius 3 is 2.72 bits per heavy atom. The number of amides is 1. The van der Waals surface area contributed by atoms with Gasteiger partial charge >= 0.3 is 0 Å². The first-order valence-corrected chi connectivity index (χ1v) is 10.5. The summed E-state index contributed by atoms with van der Waals surface area (Å²) in [5.41, 5.74) is 7.36. The number of hydrogen-bond acceptors (Lipinski definition) is 5. The number of rotatable bonds is 2. The zero-order valence-electron chi connectivity index (χ0n) is 16.1. The van der Waals surface area contributed by atoms with Crippen molar-refractivity contribution < 1.29 is 10.0 Å². The fourth-order valence-electron chi connectivity index (χ4n) is 3.78. The van der Waals surface area contributed by atoms with Crippen molar-refractivity contribution >= 4 is 45.8 Å². The summed E-state index contributed by atoms with van der Waals surface area (Å²) >= 11 is 7.23. The number of fused-ring (bicyclic) bond motifs is 1. The summed E-state index contributed by atoms with van der Waals surface area (Å²) in [7, 11) is 0. The average molecular weight is 429 g/mol. The molecular weight excluding hydrogens is 408 g/mol. The van der Waals surface area contributed by atoms with Crippen LogP contribution < -0.4 is 10.3 Å². The predicted molar refractivity (Wildman–Crippen MR) is 119 cm³/mol. The number of hydrazone groups is 1. The van der Waals surface area contributed by atoms with E-state index >= 15 is 0 Å². The maximum Gasteiger partial charge on any atom is 0.300 e. The van der Waals surface area contributed by atoms with Gasteiger partial charge < -0.3 is 10.1 Å². The van der Waals surface area contributed by atoms with E-state index in [2.05, 4.69) is 21.7 Å². The second-order valence-electron chi connectivity index (χ2n) is 7.50. The van der Waals surface area contributed by atoms with Crippen LogP contribution in [0.3, 0.4) is 0 Å². The smallest absolute Gasteiger partial charge is 0.300 e. The first kappa shape index (κ1) is 19.8. The number of thioether (sulfide) groups is 1. The Kier molecular flexibility index (Phi) is 5.27. The maximum absolute atomic E-state index is 11.7. The van der Waals surface area contributed by atoms with E-state index in [9.17, 15) is 10.0 Å². The van der Waals surface area contributed by atoms with Crippen molar-refractivity contribution in [2.24, 2.45) is 10.3 Å². The number of carbonyl (C=O) groups is 1. The highest BCUT2D eigenvalue weighted by Crippen LogP contribution is 2.35. The standard InChI is InChI=1S/C21H21ClN4O2S/c1-21(2)18(23-24-20(27)29-21)15-7-10-17-14(12-15)4-3-11-26(17)19(25-28)13-5-8-16(22)9-6-13/h5-10,12,28H,3-4,11H2,1-2H3,(H,24,27). The van der Waals surface area contributed by atoms with Gasteiger partial charge in [0.2, 0.25) is 0 Å². The third kappa shape index (κ3) is 3.84. The average Bonchev–Trinajstić information content (AvgIpc) is 2.69. The molecule has 0 radical (unpaired) electrons. The third-order valence-electron chi connectivity index (χ3n) is 5.10. The van der Waals surface area contributed by atoms with Gasteiger partial charge in [0.1, 0.15) is 0 Å². The zero-order valence-corrected chi connectivity index (χ0v) is 17.7. The van der Waals surface area contributed by atoms with Crippen LogP contribution in [-0.4, -0.2) is 33.3 Å². The quantitative estimate of drug-likeness (QED) is 0.309. The normalized spacial score (nSPS) is 18.7. The Balaban J connectivity index is 1.71. The molecule has 8 heteroatoms. The molecule has 6 nitrogen and oxygen atoms in total. The Bertz CT molecular complexity index is 1020. The third-order valence-corrected chi connectivity index (χ3v) is 6.33. The first-order chi connectivity index (χ1) is 13.9. The number of benzene rings is 2. The minimum Gasteiger partial charge on any atom is -0.409 e. The van der Waals surface area contributed by atoms with E-state index in [0.717, 1.165) is 47.5 Å². The van der Waals surface area contributed by atoms with E-state index in [4.69, 9.17) is 11.6 Å². The van der Waals surface area contributed by atoms with Crippen molar-refractivity contribution in [1.82, 2.24) is 5.43 Å². The number of oxime groups is 1. The Morgan fingerprint density at radius 1 is 1.28 bits per heavy atom. The van der Waals surface area contributed by atoms with Gasteiger partial charge in [-0.15, -0.1) is 0 Å². The summed E-state index contributed by atoms with van der Waals surface area (Å²) in [6.45, 7) is 4.75. The molecule has 2 heterocycles. The maximum atomic E-state index is 11.7. The molecule has 0 spiro atoms. The second-order valence-corrected chi connectivity index (χ2v) is 9.53. The van der Waals surface area contributed by atoms with Crippen molar-refractivity contribution in [3.05, 3.63) is 64.2 Å². The van der Waals surface area contributed by atoms with Gasteiger partial charge in [-0.05, 0) is 74.2 Å². The van der Waals surface area contributed by atoms with Crippen LogP contribution in [0.2, 0.25) is 5.02 Å². The molecule has 1 amide bonds. The van der Waals surface area contributed by atoms with Crippen LogP contribution in [0.5, 0.6) is 0 Å². The number of anilines is 1. The van der Waals surface area contributed by atoms with E-state index in [1.807, 2.05) is 43.0 Å². The highest BCUT2D eigenvalue weighted by Gasteiger charge is 2.34. The lowest BCUT2D eigenvalue weighted by molar-refractivity contribution is 0.260. The topological polar surface area (TPSA) is 77.3 Å². The molecule has 150 valence electrons. The molecule has 2 aliphatic heterocycles. The fraction of sp³-hybridized carbons (Fsp3) is 0.286. The molecule has 29 heavy (non-hydrogen) atoms. The molecule has 0 aromatic heterocycles. The predicted octanol–water partition coefficient (Wildman–Crippen LogP) is 4.87. The lowest BCUT2D eigenvalue weighted by atomic mass is 9.93. The number of nitrogens with zero attached hydrogens (tertiary/aromatic N) is 3. The molecular formula is C21H21ClN4O2S. The summed E-state index contributed by atoms with van der Waals surface area (Å²) in [6.07, 6.45) is 1.86. The molecule has 0 atom stereocenters. The van der Waals surface area contributed by atoms with Crippen LogP contribution in [0, 0.1) is 0 Å². The fourth-order valence-corrected chi connectivity index (χ4v) is 4.72. The number of carbonyl (C=O) groups excluding carboxylic acids is 1. The molecule has 0 unspecified atom stereocenters. The molecule has 2 aromatic rings. The molecule has 2 aliphatic rings. The van der Waals surface area contributed by atoms with Crippen molar-refractivity contribution in [2.75, 3.05) is 11.4 Å². The van der Waals surface area contributed by atoms with Crippen LogP contribution >= 0.6 is 23.4 Å². The monoisotopic (exact) mass is 428 g/mol. The molecule has 0 fully saturated rings. The highest BCUT2D eigenvalue weighted by atomic mass is 35.5. The molecule has 0 bridgehead atoms. The van der Waals surface area contributed by atoms with Gasteiger partial charge in [-0.25, -0.2) is 5.43 Å². The molecule has 0 saturated carbocycles. The molecule has 4 rings (SSSR count). The van der Waals surface area contributed by atoms with Gasteiger partial charge in [0.05, 0.1) is 10.5 Å². The van der Waals surface area contributed by atoms with Crippen molar-refractivity contribution in [3.8, 4) is 0 Å². The van der Waals surface area contributed by atoms with E-state index in [1.54, 1.807) is 12.1 Å². The minimum atomic E-state index is -0.411. The summed E-state index contributed by atoms with van der Waals surface area (Å²) in [6, 6.07) is 13.4. The zero-order chi connectivity index (χ0) is 20.6. The van der Waals surface area contributed by atoms with Gasteiger partial charge in [0.15, 0.2) is 5.84 Å². The van der Waals surface area contributed by atoms with Crippen LogP contribution in [-0.2, 0) is 6.42 Å². The lowest BCUT2D eigenvalue weighted by Gasteiger charge is -2.33. The van der Waals surface area contributed by atoms with Crippen LogP contribution in [0.25, 0.3) is 0 Å². The molecule has 2 N–H and O–H groups in total.